The summed E-state index contributed by atoms with van der Waals surface area (Å²) in [4.78, 5) is 0. The summed E-state index contributed by atoms with van der Waals surface area (Å²) in [6, 6.07) is 7.37. The molecule has 0 saturated carbocycles. The van der Waals surface area contributed by atoms with Crippen LogP contribution < -0.4 is 21.3 Å². The van der Waals surface area contributed by atoms with Gasteiger partial charge in [-0.3, -0.25) is 0 Å². The number of nitrogens with one attached hydrogen (secondary N) is 4. The second kappa shape index (κ2) is 17.5. The largest absolute Gasteiger partial charge is 0.403 e. The molecule has 0 aliphatic heterocycles. The van der Waals surface area contributed by atoms with Crippen molar-refractivity contribution >= 4 is 57.4 Å². The maximum atomic E-state index is 15.0. The molecule has 0 fully saturated rings. The maximum Gasteiger partial charge on any atom is 0.316 e. The monoisotopic (exact) mass is 908 g/mol. The van der Waals surface area contributed by atoms with Crippen molar-refractivity contribution in [3.63, 3.8) is 0 Å². The van der Waals surface area contributed by atoms with Crippen molar-refractivity contribution in [1.29, 1.82) is 0 Å². The van der Waals surface area contributed by atoms with Crippen LogP contribution in [0, 0.1) is 50.8 Å². The van der Waals surface area contributed by atoms with Crippen molar-refractivity contribution in [2.75, 3.05) is 34.5 Å². The molecule has 0 aliphatic rings. The van der Waals surface area contributed by atoms with E-state index < -0.39 is 108 Å². The minimum absolute atomic E-state index is 0.186. The highest BCUT2D eigenvalue weighted by atomic mass is 127. The smallest absolute Gasteiger partial charge is 0.316 e. The Kier molecular flexibility index (Phi) is 12.5. The molecule has 21 heteroatoms. The van der Waals surface area contributed by atoms with Crippen LogP contribution in [0.2, 0.25) is 0 Å². The van der Waals surface area contributed by atoms with E-state index in [1.54, 1.807) is 0 Å². The molecule has 14 nitrogen and oxygen atoms in total. The first-order chi connectivity index (χ1) is 27.3. The number of halogens is 7. The van der Waals surface area contributed by atoms with Crippen LogP contribution in [0.1, 0.15) is 5.56 Å². The number of anilines is 6. The molecule has 8 N–H and O–H groups in total. The molecule has 0 radical (unpaired) electrons. The number of aliphatic hydroxyl groups excluding tert-OH is 4. The molecule has 4 aromatic carbocycles. The minimum Gasteiger partial charge on any atom is -0.403 e. The van der Waals surface area contributed by atoms with Gasteiger partial charge in [-0.2, -0.15) is 0 Å². The Morgan fingerprint density at radius 3 is 1.51 bits per heavy atom. The van der Waals surface area contributed by atoms with Gasteiger partial charge >= 0.3 is 12.0 Å². The molecule has 4 atom stereocenters. The van der Waals surface area contributed by atoms with Crippen LogP contribution in [0.3, 0.4) is 0 Å². The number of aliphatic hydroxyl groups is 4. The fourth-order valence-corrected chi connectivity index (χ4v) is 5.77. The van der Waals surface area contributed by atoms with E-state index in [0.717, 1.165) is 36.4 Å². The van der Waals surface area contributed by atoms with Gasteiger partial charge in [0.25, 0.3) is 11.8 Å². The topological polar surface area (TPSA) is 207 Å². The summed E-state index contributed by atoms with van der Waals surface area (Å²) in [5.41, 5.74) is -1.78. The van der Waals surface area contributed by atoms with Crippen LogP contribution in [0.4, 0.5) is 61.1 Å². The van der Waals surface area contributed by atoms with Gasteiger partial charge in [0.15, 0.2) is 23.3 Å². The lowest BCUT2D eigenvalue weighted by Gasteiger charge is -2.30. The first-order valence-electron chi connectivity index (χ1n) is 16.3. The minimum atomic E-state index is -1.92. The lowest BCUT2D eigenvalue weighted by atomic mass is 10.00. The standard InChI is InChI=1S/C36H27F6IN8O6/c1-2-15-3-9-23(21(39)11-15)44-29-17(5-7-19(37)27(29)41)33-48-50-35(56-33)46-25(13-52)31(54)32(55)26(14-53)47-36-51-49-34(57-36)18-6-8-20(38)28(42)30(18)45-24-10-4-16(43)12-22(24)40/h1,3-12,25-26,31-32,44-45,52-55H,13-14H2,(H,46,50)(H,47,51). The van der Waals surface area contributed by atoms with E-state index >= 15 is 4.39 Å². The zero-order chi connectivity index (χ0) is 41.0. The van der Waals surface area contributed by atoms with Gasteiger partial charge in [-0.05, 0) is 83.3 Å². The Balaban J connectivity index is 1.17. The second-order valence-electron chi connectivity index (χ2n) is 12.0. The predicted molar refractivity (Wildman–Crippen MR) is 200 cm³/mol. The Bertz CT molecular complexity index is 2450. The normalized spacial score (nSPS) is 13.4. The van der Waals surface area contributed by atoms with Crippen molar-refractivity contribution in [3.05, 3.63) is 105 Å². The van der Waals surface area contributed by atoms with Crippen molar-refractivity contribution < 1.29 is 55.6 Å². The molecule has 0 amide bonds. The summed E-state index contributed by atoms with van der Waals surface area (Å²) in [6.07, 6.45) is 1.44. The van der Waals surface area contributed by atoms with E-state index in [-0.39, 0.29) is 28.1 Å². The van der Waals surface area contributed by atoms with Gasteiger partial charge in [-0.15, -0.1) is 16.6 Å². The van der Waals surface area contributed by atoms with Crippen LogP contribution in [-0.2, 0) is 0 Å². The van der Waals surface area contributed by atoms with Crippen molar-refractivity contribution in [1.82, 2.24) is 20.4 Å². The Morgan fingerprint density at radius 1 is 0.632 bits per heavy atom. The highest BCUT2D eigenvalue weighted by molar-refractivity contribution is 14.1. The van der Waals surface area contributed by atoms with Crippen LogP contribution in [-0.4, -0.2) is 78.3 Å². The summed E-state index contributed by atoms with van der Waals surface area (Å²) in [5, 5.41) is 67.1. The number of benzene rings is 4. The van der Waals surface area contributed by atoms with Crippen LogP contribution >= 0.6 is 22.6 Å². The molecule has 0 aliphatic carbocycles. The average molecular weight is 909 g/mol. The molecule has 6 aromatic rings. The fourth-order valence-electron chi connectivity index (χ4n) is 5.32. The van der Waals surface area contributed by atoms with E-state index in [4.69, 9.17) is 15.3 Å². The molecular formula is C36H27F6IN8O6. The van der Waals surface area contributed by atoms with Crippen molar-refractivity contribution in [2.45, 2.75) is 24.3 Å². The average Bonchev–Trinajstić information content (AvgIpc) is 3.87. The highest BCUT2D eigenvalue weighted by Crippen LogP contribution is 2.37. The van der Waals surface area contributed by atoms with E-state index in [1.165, 1.54) is 24.3 Å². The van der Waals surface area contributed by atoms with Crippen molar-refractivity contribution in [2.24, 2.45) is 0 Å². The summed E-state index contributed by atoms with van der Waals surface area (Å²) in [5.74, 6) is -5.56. The van der Waals surface area contributed by atoms with Gasteiger partial charge in [0, 0.05) is 9.13 Å². The summed E-state index contributed by atoms with van der Waals surface area (Å²) >= 11 is 1.87. The highest BCUT2D eigenvalue weighted by Gasteiger charge is 2.34. The Morgan fingerprint density at radius 2 is 1.09 bits per heavy atom. The summed E-state index contributed by atoms with van der Waals surface area (Å²) < 4.78 is 99.3. The van der Waals surface area contributed by atoms with Crippen LogP contribution in [0.25, 0.3) is 22.9 Å². The van der Waals surface area contributed by atoms with Gasteiger partial charge in [-0.25, -0.2) is 26.3 Å². The lowest BCUT2D eigenvalue weighted by Crippen LogP contribution is -2.52. The van der Waals surface area contributed by atoms with Crippen LogP contribution in [0.15, 0.2) is 69.5 Å². The molecule has 2 aromatic heterocycles. The predicted octanol–water partition coefficient (Wildman–Crippen LogP) is 5.66. The number of aromatic nitrogens is 4. The second-order valence-corrected chi connectivity index (χ2v) is 13.2. The third-order valence-electron chi connectivity index (χ3n) is 8.27. The van der Waals surface area contributed by atoms with Gasteiger partial charge in [0.05, 0.1) is 59.2 Å². The SMILES string of the molecule is C#Cc1ccc(Nc2c(-c3nnc(NC(CO)C(O)C(O)C(CO)Nc4nnc(-c5ccc(F)c(F)c5Nc5ccc(I)cc5F)o4)o3)ccc(F)c2F)c(F)c1. The molecule has 6 rings (SSSR count). The fraction of sp³-hybridized carbons (Fsp3) is 0.167. The third-order valence-corrected chi connectivity index (χ3v) is 8.94. The zero-order valence-corrected chi connectivity index (χ0v) is 30.8. The maximum absolute atomic E-state index is 15.0. The van der Waals surface area contributed by atoms with Crippen LogP contribution in [0.5, 0.6) is 0 Å². The van der Waals surface area contributed by atoms with E-state index in [2.05, 4.69) is 47.6 Å². The van der Waals surface area contributed by atoms with E-state index in [0.29, 0.717) is 3.57 Å². The number of terminal acetylenes is 1. The summed E-state index contributed by atoms with van der Waals surface area (Å²) in [6.45, 7) is -1.75. The number of hydrogen-bond donors (Lipinski definition) is 8. The molecule has 0 saturated heterocycles. The van der Waals surface area contributed by atoms with Gasteiger partial charge < -0.3 is 50.5 Å². The van der Waals surface area contributed by atoms with Gasteiger partial charge in [-0.1, -0.05) is 16.1 Å². The van der Waals surface area contributed by atoms with Crippen molar-refractivity contribution in [3.8, 4) is 35.3 Å². The first-order valence-corrected chi connectivity index (χ1v) is 17.4. The molecule has 4 unspecified atom stereocenters. The summed E-state index contributed by atoms with van der Waals surface area (Å²) in [7, 11) is 0. The Labute approximate surface area is 331 Å². The third kappa shape index (κ3) is 8.89. The number of nitrogens with zero attached hydrogens (tertiary/aromatic N) is 4. The molecule has 0 spiro atoms. The lowest BCUT2D eigenvalue weighted by molar-refractivity contribution is -0.0210. The molecule has 296 valence electrons. The quantitative estimate of drug-likeness (QED) is 0.0356. The van der Waals surface area contributed by atoms with Gasteiger partial charge in [0.2, 0.25) is 0 Å². The Hall–Kier alpha value is -5.93. The number of rotatable bonds is 15. The number of hydrogen-bond acceptors (Lipinski definition) is 14. The molecule has 0 bridgehead atoms. The van der Waals surface area contributed by atoms with E-state index in [9.17, 15) is 42.4 Å². The van der Waals surface area contributed by atoms with Gasteiger partial charge in [0.1, 0.15) is 23.8 Å². The molecular weight excluding hydrogens is 881 g/mol. The molecule has 2 heterocycles. The molecule has 57 heavy (non-hydrogen) atoms. The first kappa shape index (κ1) is 40.7. The zero-order valence-electron chi connectivity index (χ0n) is 28.6. The van der Waals surface area contributed by atoms with E-state index in [1.807, 2.05) is 22.6 Å².